The van der Waals surface area contributed by atoms with Crippen LogP contribution in [0, 0.1) is 23.2 Å². The minimum Gasteiger partial charge on any atom is -0.481 e. The van der Waals surface area contributed by atoms with Crippen LogP contribution in [-0.2, 0) is 24.0 Å². The molecule has 4 aliphatic carbocycles. The Hall–Kier alpha value is -1.99. The van der Waals surface area contributed by atoms with Crippen LogP contribution in [0.1, 0.15) is 64.7 Å². The Kier molecular flexibility index (Phi) is 8.13. The van der Waals surface area contributed by atoms with E-state index in [0.717, 1.165) is 19.3 Å². The highest BCUT2D eigenvalue weighted by molar-refractivity contribution is 8.76. The average Bonchev–Trinajstić information content (AvgIpc) is 3.34. The van der Waals surface area contributed by atoms with Crippen LogP contribution in [0.5, 0.6) is 0 Å². The second-order valence-electron chi connectivity index (χ2n) is 12.4. The van der Waals surface area contributed by atoms with Crippen molar-refractivity contribution < 1.29 is 34.2 Å². The molecule has 5 N–H and O–H groups in total. The highest BCUT2D eigenvalue weighted by Gasteiger charge is 2.55. The van der Waals surface area contributed by atoms with E-state index in [9.17, 15) is 34.2 Å². The van der Waals surface area contributed by atoms with Crippen LogP contribution in [0.25, 0.3) is 0 Å². The van der Waals surface area contributed by atoms with E-state index in [1.807, 2.05) is 0 Å². The molecule has 1 unspecified atom stereocenters. The molecule has 6 aliphatic rings. The smallest absolute Gasteiger partial charge is 0.327 e. The first-order chi connectivity index (χ1) is 18.5. The van der Waals surface area contributed by atoms with Gasteiger partial charge in [-0.25, -0.2) is 4.79 Å². The van der Waals surface area contributed by atoms with Gasteiger partial charge in [-0.15, -0.1) is 0 Å². The lowest BCUT2D eigenvalue weighted by Crippen LogP contribution is -2.66. The van der Waals surface area contributed by atoms with Crippen LogP contribution in [0.4, 0.5) is 0 Å². The molecule has 4 atom stereocenters. The highest BCUT2D eigenvalue weighted by Crippen LogP contribution is 2.60. The number of hydrogen-bond acceptors (Lipinski definition) is 8. The van der Waals surface area contributed by atoms with Gasteiger partial charge < -0.3 is 26.2 Å². The topological polar surface area (TPSA) is 165 Å². The van der Waals surface area contributed by atoms with E-state index in [1.54, 1.807) is 11.8 Å². The standard InChI is InChI=1S/C26H38N4O7S2/c1-25(11-20(31)32)29-21(33)17(28-24(37)26-8-14-5-15(9-26)7-16(6-14)10-26)12-38-39-13-18(23(35)36)27-22(34)19-3-2-4-30(19)25/h14-19H,2-13H2,1H3,(H,27,34)(H,28,37)(H,29,33)(H,31,32)(H,35,36)/t14?,15?,16?,17?,18-,19-,25-,26?/m0/s1. The number of amides is 3. The molecule has 39 heavy (non-hydrogen) atoms. The number of carboxylic acids is 2. The Morgan fingerprint density at radius 1 is 1.00 bits per heavy atom. The second-order valence-corrected chi connectivity index (χ2v) is 14.9. The molecule has 0 aromatic carbocycles. The summed E-state index contributed by atoms with van der Waals surface area (Å²) in [4.78, 5) is 66.1. The fraction of sp³-hybridized carbons (Fsp3) is 0.808. The van der Waals surface area contributed by atoms with Gasteiger partial charge in [-0.05, 0) is 76.0 Å². The first kappa shape index (κ1) is 28.5. The van der Waals surface area contributed by atoms with E-state index < -0.39 is 59.4 Å². The minimum atomic E-state index is -1.41. The number of carbonyl (C=O) groups is 5. The van der Waals surface area contributed by atoms with Crippen molar-refractivity contribution in [3.05, 3.63) is 0 Å². The number of rotatable bonds is 5. The number of carbonyl (C=O) groups excluding carboxylic acids is 3. The van der Waals surface area contributed by atoms with Gasteiger partial charge in [0, 0.05) is 23.5 Å². The molecular formula is C26H38N4O7S2. The number of nitrogens with zero attached hydrogens (tertiary/aromatic N) is 1. The maximum atomic E-state index is 13.8. The van der Waals surface area contributed by atoms with Crippen LogP contribution in [0.3, 0.4) is 0 Å². The zero-order valence-electron chi connectivity index (χ0n) is 22.1. The van der Waals surface area contributed by atoms with E-state index in [-0.39, 0.29) is 17.4 Å². The second kappa shape index (κ2) is 11.1. The third-order valence-electron chi connectivity index (χ3n) is 9.39. The van der Waals surface area contributed by atoms with Gasteiger partial charge in [0.1, 0.15) is 17.7 Å². The largest absolute Gasteiger partial charge is 0.481 e. The summed E-state index contributed by atoms with van der Waals surface area (Å²) in [5, 5.41) is 27.9. The number of fused-ring (bicyclic) bond motifs is 1. The predicted octanol–water partition coefficient (Wildman–Crippen LogP) is 1.42. The Labute approximate surface area is 235 Å². The third-order valence-corrected chi connectivity index (χ3v) is 11.8. The van der Waals surface area contributed by atoms with E-state index in [0.29, 0.717) is 37.1 Å². The van der Waals surface area contributed by atoms with E-state index in [4.69, 9.17) is 0 Å². The molecule has 3 amide bonds. The van der Waals surface area contributed by atoms with Gasteiger partial charge in [0.25, 0.3) is 0 Å². The summed E-state index contributed by atoms with van der Waals surface area (Å²) in [6, 6.07) is -2.84. The Morgan fingerprint density at radius 2 is 1.62 bits per heavy atom. The van der Waals surface area contributed by atoms with Crippen LogP contribution in [-0.4, -0.2) is 86.6 Å². The van der Waals surface area contributed by atoms with Crippen molar-refractivity contribution in [1.29, 1.82) is 0 Å². The minimum absolute atomic E-state index is 0.0854. The summed E-state index contributed by atoms with van der Waals surface area (Å²) in [7, 11) is 2.48. The van der Waals surface area contributed by atoms with Gasteiger partial charge in [-0.1, -0.05) is 21.6 Å². The number of nitrogens with one attached hydrogen (secondary N) is 3. The van der Waals surface area contributed by atoms with Crippen LogP contribution in [0.2, 0.25) is 0 Å². The molecule has 2 heterocycles. The van der Waals surface area contributed by atoms with Crippen molar-refractivity contribution >= 4 is 51.2 Å². The number of aliphatic carboxylic acids is 2. The Morgan fingerprint density at radius 3 is 2.21 bits per heavy atom. The molecule has 6 fully saturated rings. The summed E-state index contributed by atoms with van der Waals surface area (Å²) >= 11 is 0. The summed E-state index contributed by atoms with van der Waals surface area (Å²) in [5.41, 5.74) is -1.86. The van der Waals surface area contributed by atoms with Crippen molar-refractivity contribution in [3.8, 4) is 0 Å². The van der Waals surface area contributed by atoms with Gasteiger partial charge >= 0.3 is 11.9 Å². The van der Waals surface area contributed by atoms with Crippen molar-refractivity contribution in [2.45, 2.75) is 88.5 Å². The lowest BCUT2D eigenvalue weighted by Gasteiger charge is -2.55. The summed E-state index contributed by atoms with van der Waals surface area (Å²) in [5.74, 6) is -1.45. The molecule has 6 rings (SSSR count). The van der Waals surface area contributed by atoms with Crippen molar-refractivity contribution in [3.63, 3.8) is 0 Å². The molecule has 4 saturated carbocycles. The fourth-order valence-electron chi connectivity index (χ4n) is 8.05. The third kappa shape index (κ3) is 5.90. The maximum absolute atomic E-state index is 13.8. The van der Waals surface area contributed by atoms with Crippen molar-refractivity contribution in [2.75, 3.05) is 18.1 Å². The van der Waals surface area contributed by atoms with E-state index in [1.165, 1.54) is 40.9 Å². The highest BCUT2D eigenvalue weighted by atomic mass is 33.1. The van der Waals surface area contributed by atoms with E-state index >= 15 is 0 Å². The SMILES string of the molecule is C[C@]1(CC(=O)O)NC(=O)C(NC(=O)C23CC4CC(CC(C4)C2)C3)CSSC[C@@H](C(=O)O)NC(=O)[C@@H]2CCCN21. The first-order valence-electron chi connectivity index (χ1n) is 13.9. The van der Waals surface area contributed by atoms with Crippen molar-refractivity contribution in [1.82, 2.24) is 20.9 Å². The molecule has 0 aromatic heterocycles. The summed E-state index contributed by atoms with van der Waals surface area (Å²) < 4.78 is 0. The normalized spacial score (nSPS) is 40.8. The fourth-order valence-corrected chi connectivity index (χ4v) is 10.4. The molecule has 13 heteroatoms. The zero-order valence-corrected chi connectivity index (χ0v) is 23.8. The van der Waals surface area contributed by atoms with Gasteiger partial charge in [-0.2, -0.15) is 0 Å². The van der Waals surface area contributed by atoms with Crippen LogP contribution in [0.15, 0.2) is 0 Å². The molecule has 11 nitrogen and oxygen atoms in total. The van der Waals surface area contributed by atoms with Crippen LogP contribution < -0.4 is 16.0 Å². The summed E-state index contributed by atoms with van der Waals surface area (Å²) in [6.07, 6.45) is 6.66. The summed E-state index contributed by atoms with van der Waals surface area (Å²) in [6.45, 7) is 1.95. The Balaban J connectivity index is 1.40. The average molecular weight is 583 g/mol. The predicted molar refractivity (Wildman–Crippen MR) is 146 cm³/mol. The lowest BCUT2D eigenvalue weighted by atomic mass is 9.49. The molecule has 0 radical (unpaired) electrons. The number of carboxylic acid groups (broad SMARTS) is 2. The first-order valence-corrected chi connectivity index (χ1v) is 16.4. The molecule has 4 bridgehead atoms. The molecule has 2 saturated heterocycles. The quantitative estimate of drug-likeness (QED) is 0.299. The molecule has 216 valence electrons. The molecule has 2 aliphatic heterocycles. The molecular weight excluding hydrogens is 544 g/mol. The molecule has 0 spiro atoms. The zero-order chi connectivity index (χ0) is 27.9. The lowest BCUT2D eigenvalue weighted by molar-refractivity contribution is -0.150. The maximum Gasteiger partial charge on any atom is 0.327 e. The Bertz CT molecular complexity index is 1010. The molecule has 0 aromatic rings. The van der Waals surface area contributed by atoms with Gasteiger partial charge in [0.2, 0.25) is 17.7 Å². The van der Waals surface area contributed by atoms with Gasteiger partial charge in [-0.3, -0.25) is 24.1 Å². The van der Waals surface area contributed by atoms with Gasteiger partial charge in [0.15, 0.2) is 0 Å². The van der Waals surface area contributed by atoms with Crippen LogP contribution >= 0.6 is 21.6 Å². The number of hydrogen-bond donors (Lipinski definition) is 5. The van der Waals surface area contributed by atoms with Gasteiger partial charge in [0.05, 0.1) is 12.5 Å². The van der Waals surface area contributed by atoms with Crippen molar-refractivity contribution in [2.24, 2.45) is 23.2 Å². The van der Waals surface area contributed by atoms with E-state index in [2.05, 4.69) is 16.0 Å². The monoisotopic (exact) mass is 582 g/mol.